The van der Waals surface area contributed by atoms with Gasteiger partial charge in [0.2, 0.25) is 5.89 Å². The van der Waals surface area contributed by atoms with Crippen LogP contribution in [0.15, 0.2) is 52.9 Å². The Morgan fingerprint density at radius 1 is 1.04 bits per heavy atom. The largest absolute Gasteiger partial charge is 0.483 e. The third-order valence-electron chi connectivity index (χ3n) is 4.11. The smallest absolute Gasteiger partial charge is 0.254 e. The summed E-state index contributed by atoms with van der Waals surface area (Å²) < 4.78 is 17.5. The lowest BCUT2D eigenvalue weighted by Gasteiger charge is -2.18. The fraction of sp³-hybridized carbons (Fsp3) is 0.238. The summed E-state index contributed by atoms with van der Waals surface area (Å²) in [7, 11) is 0. The van der Waals surface area contributed by atoms with Crippen molar-refractivity contribution in [2.75, 3.05) is 0 Å². The van der Waals surface area contributed by atoms with E-state index in [0.717, 1.165) is 23.3 Å². The standard InChI is InChI=1S/C21H20N2O3/c1-21(2)13-16-9-6-10-17(20(16)26-21)24-14-19-23-22-18(25-19)12-11-15-7-4-3-5-8-15/h3-12H,13-14H2,1-2H3/b12-11+. The normalized spacial score (nSPS) is 15.0. The van der Waals surface area contributed by atoms with E-state index in [2.05, 4.69) is 30.1 Å². The number of nitrogens with zero attached hydrogens (tertiary/aromatic N) is 2. The van der Waals surface area contributed by atoms with Crippen molar-refractivity contribution in [1.29, 1.82) is 0 Å². The number of benzene rings is 2. The molecule has 0 saturated carbocycles. The van der Waals surface area contributed by atoms with Crippen molar-refractivity contribution < 1.29 is 13.9 Å². The van der Waals surface area contributed by atoms with Gasteiger partial charge < -0.3 is 13.9 Å². The Kier molecular flexibility index (Phi) is 4.21. The summed E-state index contributed by atoms with van der Waals surface area (Å²) in [6, 6.07) is 15.9. The van der Waals surface area contributed by atoms with Gasteiger partial charge in [-0.05, 0) is 31.6 Å². The van der Waals surface area contributed by atoms with E-state index in [-0.39, 0.29) is 12.2 Å². The quantitative estimate of drug-likeness (QED) is 0.678. The Morgan fingerprint density at radius 2 is 1.88 bits per heavy atom. The van der Waals surface area contributed by atoms with Crippen molar-refractivity contribution in [2.24, 2.45) is 0 Å². The maximum absolute atomic E-state index is 6.00. The first-order chi connectivity index (χ1) is 12.6. The highest BCUT2D eigenvalue weighted by molar-refractivity contribution is 5.65. The molecule has 2 heterocycles. The lowest BCUT2D eigenvalue weighted by atomic mass is 10.0. The molecule has 4 rings (SSSR count). The minimum absolute atomic E-state index is 0.201. The Bertz CT molecular complexity index is 929. The van der Waals surface area contributed by atoms with Crippen LogP contribution in [0.25, 0.3) is 12.2 Å². The Labute approximate surface area is 152 Å². The van der Waals surface area contributed by atoms with Gasteiger partial charge in [0.25, 0.3) is 5.89 Å². The Hall–Kier alpha value is -3.08. The maximum Gasteiger partial charge on any atom is 0.254 e. The molecule has 26 heavy (non-hydrogen) atoms. The van der Waals surface area contributed by atoms with E-state index in [1.807, 2.05) is 48.5 Å². The van der Waals surface area contributed by atoms with Crippen molar-refractivity contribution >= 4 is 12.2 Å². The fourth-order valence-corrected chi connectivity index (χ4v) is 2.96. The number of aromatic nitrogens is 2. The molecule has 0 saturated heterocycles. The molecule has 2 aromatic carbocycles. The number of para-hydroxylation sites is 1. The average Bonchev–Trinajstić information content (AvgIpc) is 3.21. The zero-order valence-corrected chi connectivity index (χ0v) is 14.8. The second kappa shape index (κ2) is 6.67. The number of fused-ring (bicyclic) bond motifs is 1. The molecule has 0 aliphatic carbocycles. The van der Waals surface area contributed by atoms with Crippen LogP contribution >= 0.6 is 0 Å². The Balaban J connectivity index is 1.42. The Morgan fingerprint density at radius 3 is 2.73 bits per heavy atom. The van der Waals surface area contributed by atoms with Gasteiger partial charge >= 0.3 is 0 Å². The molecular weight excluding hydrogens is 328 g/mol. The van der Waals surface area contributed by atoms with E-state index in [4.69, 9.17) is 13.9 Å². The van der Waals surface area contributed by atoms with Gasteiger partial charge in [-0.2, -0.15) is 0 Å². The van der Waals surface area contributed by atoms with Crippen LogP contribution in [0.4, 0.5) is 0 Å². The predicted octanol–water partition coefficient (Wildman–Crippen LogP) is 4.53. The average molecular weight is 348 g/mol. The molecule has 5 nitrogen and oxygen atoms in total. The monoisotopic (exact) mass is 348 g/mol. The van der Waals surface area contributed by atoms with Crippen molar-refractivity contribution in [3.8, 4) is 11.5 Å². The van der Waals surface area contributed by atoms with Gasteiger partial charge in [-0.15, -0.1) is 10.2 Å². The van der Waals surface area contributed by atoms with Crippen LogP contribution in [-0.2, 0) is 13.0 Å². The maximum atomic E-state index is 6.00. The van der Waals surface area contributed by atoms with E-state index in [1.54, 1.807) is 6.08 Å². The minimum Gasteiger partial charge on any atom is -0.483 e. The van der Waals surface area contributed by atoms with Crippen LogP contribution in [-0.4, -0.2) is 15.8 Å². The molecule has 0 N–H and O–H groups in total. The van der Waals surface area contributed by atoms with Crippen LogP contribution in [0, 0.1) is 0 Å². The highest BCUT2D eigenvalue weighted by Gasteiger charge is 2.32. The van der Waals surface area contributed by atoms with Crippen molar-refractivity contribution in [1.82, 2.24) is 10.2 Å². The first-order valence-electron chi connectivity index (χ1n) is 8.58. The molecule has 3 aromatic rings. The predicted molar refractivity (Wildman–Crippen MR) is 98.9 cm³/mol. The fourth-order valence-electron chi connectivity index (χ4n) is 2.96. The lowest BCUT2D eigenvalue weighted by molar-refractivity contribution is 0.130. The SMILES string of the molecule is CC1(C)Cc2cccc(OCc3nnc(/C=C/c4ccccc4)o3)c2O1. The van der Waals surface area contributed by atoms with Crippen molar-refractivity contribution in [2.45, 2.75) is 32.5 Å². The van der Waals surface area contributed by atoms with E-state index in [1.165, 1.54) is 0 Å². The topological polar surface area (TPSA) is 57.4 Å². The van der Waals surface area contributed by atoms with E-state index in [9.17, 15) is 0 Å². The first-order valence-corrected chi connectivity index (χ1v) is 8.58. The van der Waals surface area contributed by atoms with Gasteiger partial charge in [-0.3, -0.25) is 0 Å². The molecule has 1 aliphatic heterocycles. The van der Waals surface area contributed by atoms with Crippen molar-refractivity contribution in [3.05, 3.63) is 71.4 Å². The molecule has 0 atom stereocenters. The molecule has 1 aliphatic rings. The van der Waals surface area contributed by atoms with Crippen LogP contribution in [0.3, 0.4) is 0 Å². The van der Waals surface area contributed by atoms with E-state index < -0.39 is 0 Å². The molecule has 5 heteroatoms. The van der Waals surface area contributed by atoms with Gasteiger partial charge in [0.15, 0.2) is 18.1 Å². The van der Waals surface area contributed by atoms with Gasteiger partial charge in [0.1, 0.15) is 5.60 Å². The third kappa shape index (κ3) is 3.61. The molecule has 0 amide bonds. The molecule has 1 aromatic heterocycles. The third-order valence-corrected chi connectivity index (χ3v) is 4.11. The zero-order valence-electron chi connectivity index (χ0n) is 14.8. The summed E-state index contributed by atoms with van der Waals surface area (Å²) in [6.07, 6.45) is 4.59. The highest BCUT2D eigenvalue weighted by Crippen LogP contribution is 2.41. The summed E-state index contributed by atoms with van der Waals surface area (Å²) >= 11 is 0. The minimum atomic E-state index is -0.207. The lowest BCUT2D eigenvalue weighted by Crippen LogP contribution is -2.24. The van der Waals surface area contributed by atoms with Gasteiger partial charge in [0.05, 0.1) is 0 Å². The number of ether oxygens (including phenoxy) is 2. The summed E-state index contributed by atoms with van der Waals surface area (Å²) in [4.78, 5) is 0. The first kappa shape index (κ1) is 16.4. The van der Waals surface area contributed by atoms with Crippen LogP contribution < -0.4 is 9.47 Å². The van der Waals surface area contributed by atoms with E-state index >= 15 is 0 Å². The molecule has 0 bridgehead atoms. The number of hydrogen-bond acceptors (Lipinski definition) is 5. The molecule has 0 unspecified atom stereocenters. The molecule has 0 radical (unpaired) electrons. The summed E-state index contributed by atoms with van der Waals surface area (Å²) in [5.74, 6) is 2.38. The van der Waals surface area contributed by atoms with Crippen LogP contribution in [0.1, 0.15) is 36.8 Å². The second-order valence-corrected chi connectivity index (χ2v) is 6.85. The number of rotatable bonds is 5. The molecule has 132 valence electrons. The van der Waals surface area contributed by atoms with Crippen molar-refractivity contribution in [3.63, 3.8) is 0 Å². The second-order valence-electron chi connectivity index (χ2n) is 6.85. The van der Waals surface area contributed by atoms with Crippen LogP contribution in [0.5, 0.6) is 11.5 Å². The molecule has 0 fully saturated rings. The van der Waals surface area contributed by atoms with E-state index in [0.29, 0.717) is 17.5 Å². The summed E-state index contributed by atoms with van der Waals surface area (Å²) in [5.41, 5.74) is 2.02. The number of hydrogen-bond donors (Lipinski definition) is 0. The van der Waals surface area contributed by atoms with Gasteiger partial charge in [-0.25, -0.2) is 0 Å². The van der Waals surface area contributed by atoms with Gasteiger partial charge in [0, 0.05) is 18.1 Å². The van der Waals surface area contributed by atoms with Crippen LogP contribution in [0.2, 0.25) is 0 Å². The summed E-state index contributed by atoms with van der Waals surface area (Å²) in [5, 5.41) is 8.06. The summed E-state index contributed by atoms with van der Waals surface area (Å²) in [6.45, 7) is 4.34. The van der Waals surface area contributed by atoms with Gasteiger partial charge in [-0.1, -0.05) is 42.5 Å². The molecular formula is C21H20N2O3. The highest BCUT2D eigenvalue weighted by atomic mass is 16.5. The zero-order chi connectivity index (χ0) is 18.0. The molecule has 0 spiro atoms.